The van der Waals surface area contributed by atoms with Crippen molar-refractivity contribution in [3.63, 3.8) is 0 Å². The average molecular weight is 381 g/mol. The first-order valence-electron chi connectivity index (χ1n) is 9.45. The van der Waals surface area contributed by atoms with Gasteiger partial charge in [-0.1, -0.05) is 12.1 Å². The highest BCUT2D eigenvalue weighted by Gasteiger charge is 2.41. The van der Waals surface area contributed by atoms with Gasteiger partial charge < -0.3 is 19.6 Å². The van der Waals surface area contributed by atoms with Gasteiger partial charge >= 0.3 is 6.09 Å². The normalized spacial score (nSPS) is 26.0. The molecule has 1 N–H and O–H groups in total. The van der Waals surface area contributed by atoms with E-state index < -0.39 is 12.5 Å². The molecule has 1 aromatic rings. The van der Waals surface area contributed by atoms with E-state index in [1.165, 1.54) is 11.0 Å². The van der Waals surface area contributed by atoms with E-state index in [9.17, 15) is 13.6 Å². The monoisotopic (exact) mass is 381 g/mol. The fraction of sp³-hybridized carbons (Fsp3) is 0.632. The van der Waals surface area contributed by atoms with Crippen molar-refractivity contribution in [2.24, 2.45) is 11.8 Å². The Kier molecular flexibility index (Phi) is 5.19. The Morgan fingerprint density at radius 1 is 1.15 bits per heavy atom. The molecule has 1 amide bonds. The van der Waals surface area contributed by atoms with Gasteiger partial charge in [-0.15, -0.1) is 0 Å². The van der Waals surface area contributed by atoms with Crippen LogP contribution in [0.4, 0.5) is 19.3 Å². The number of anilines is 1. The molecule has 3 saturated heterocycles. The lowest BCUT2D eigenvalue weighted by atomic mass is 10.0. The third kappa shape index (κ3) is 3.87. The summed E-state index contributed by atoms with van der Waals surface area (Å²) in [6, 6.07) is 4.96. The van der Waals surface area contributed by atoms with Crippen molar-refractivity contribution < 1.29 is 23.4 Å². The molecule has 27 heavy (non-hydrogen) atoms. The summed E-state index contributed by atoms with van der Waals surface area (Å²) in [5.41, 5.74) is 1.98. The number of carbonyl (C=O) groups is 1. The molecule has 2 unspecified atom stereocenters. The van der Waals surface area contributed by atoms with Gasteiger partial charge in [0, 0.05) is 57.1 Å². The number of hydrogen-bond acceptors (Lipinski definition) is 4. The van der Waals surface area contributed by atoms with Crippen LogP contribution in [0.25, 0.3) is 0 Å². The number of halogens is 2. The molecule has 0 saturated carbocycles. The van der Waals surface area contributed by atoms with Gasteiger partial charge in [-0.25, -0.2) is 13.6 Å². The Balaban J connectivity index is 1.48. The summed E-state index contributed by atoms with van der Waals surface area (Å²) in [5.74, 6) is 0.738. The maximum Gasteiger partial charge on any atom is 0.407 e. The van der Waals surface area contributed by atoms with Crippen molar-refractivity contribution >= 4 is 11.8 Å². The van der Waals surface area contributed by atoms with Crippen molar-refractivity contribution in [1.82, 2.24) is 9.80 Å². The van der Waals surface area contributed by atoms with Gasteiger partial charge in [0.05, 0.1) is 13.2 Å². The number of rotatable bonds is 4. The second-order valence-corrected chi connectivity index (χ2v) is 7.69. The first-order chi connectivity index (χ1) is 13.0. The summed E-state index contributed by atoms with van der Waals surface area (Å²) in [4.78, 5) is 17.1. The molecule has 0 bridgehead atoms. The first-order valence-corrected chi connectivity index (χ1v) is 9.45. The fourth-order valence-electron chi connectivity index (χ4n) is 4.57. The molecule has 3 aliphatic heterocycles. The van der Waals surface area contributed by atoms with E-state index in [0.29, 0.717) is 57.8 Å². The molecule has 6 nitrogen and oxygen atoms in total. The Labute approximate surface area is 157 Å². The van der Waals surface area contributed by atoms with Crippen LogP contribution in [0.1, 0.15) is 17.6 Å². The van der Waals surface area contributed by atoms with Gasteiger partial charge in [-0.2, -0.15) is 0 Å². The zero-order valence-corrected chi connectivity index (χ0v) is 15.2. The van der Waals surface area contributed by atoms with E-state index in [-0.39, 0.29) is 5.56 Å². The topological polar surface area (TPSA) is 56.2 Å². The van der Waals surface area contributed by atoms with E-state index in [1.807, 2.05) is 6.07 Å². The van der Waals surface area contributed by atoms with E-state index in [2.05, 4.69) is 9.80 Å². The largest absolute Gasteiger partial charge is 0.465 e. The van der Waals surface area contributed by atoms with Crippen LogP contribution in [0.2, 0.25) is 0 Å². The average Bonchev–Trinajstić information content (AvgIpc) is 3.21. The van der Waals surface area contributed by atoms with Gasteiger partial charge in [0.25, 0.3) is 6.43 Å². The molecule has 0 radical (unpaired) electrons. The Morgan fingerprint density at radius 2 is 1.81 bits per heavy atom. The highest BCUT2D eigenvalue weighted by Crippen LogP contribution is 2.34. The predicted octanol–water partition coefficient (Wildman–Crippen LogP) is 2.50. The predicted molar refractivity (Wildman–Crippen MR) is 96.3 cm³/mol. The van der Waals surface area contributed by atoms with Crippen LogP contribution in [0.3, 0.4) is 0 Å². The van der Waals surface area contributed by atoms with E-state index in [0.717, 1.165) is 24.3 Å². The molecule has 0 aromatic heterocycles. The number of carboxylic acid groups (broad SMARTS) is 1. The summed E-state index contributed by atoms with van der Waals surface area (Å²) in [6.07, 6.45) is -3.32. The molecule has 3 aliphatic rings. The minimum absolute atomic E-state index is 0.0515. The molecule has 8 heteroatoms. The number of likely N-dealkylation sites (tertiary alicyclic amines) is 2. The summed E-state index contributed by atoms with van der Waals surface area (Å²) in [7, 11) is 0. The lowest BCUT2D eigenvalue weighted by Gasteiger charge is -2.32. The number of hydrogen-bond donors (Lipinski definition) is 1. The molecule has 0 aliphatic carbocycles. The smallest absolute Gasteiger partial charge is 0.407 e. The van der Waals surface area contributed by atoms with Crippen LogP contribution < -0.4 is 4.90 Å². The van der Waals surface area contributed by atoms with Gasteiger partial charge in [0.2, 0.25) is 0 Å². The molecule has 3 heterocycles. The third-order valence-electron chi connectivity index (χ3n) is 5.94. The van der Waals surface area contributed by atoms with E-state index >= 15 is 0 Å². The Hall–Kier alpha value is -1.93. The van der Waals surface area contributed by atoms with Crippen molar-refractivity contribution in [2.75, 3.05) is 57.4 Å². The number of fused-ring (bicyclic) bond motifs is 1. The maximum atomic E-state index is 13.2. The minimum atomic E-state index is -2.48. The van der Waals surface area contributed by atoms with E-state index in [4.69, 9.17) is 9.84 Å². The second kappa shape index (κ2) is 7.59. The van der Waals surface area contributed by atoms with Crippen molar-refractivity contribution in [1.29, 1.82) is 0 Å². The number of amides is 1. The molecule has 148 valence electrons. The van der Waals surface area contributed by atoms with Crippen molar-refractivity contribution in [2.45, 2.75) is 13.0 Å². The van der Waals surface area contributed by atoms with Crippen LogP contribution >= 0.6 is 0 Å². The fourth-order valence-corrected chi connectivity index (χ4v) is 4.57. The number of alkyl halides is 2. The summed E-state index contributed by atoms with van der Waals surface area (Å²) < 4.78 is 31.8. The summed E-state index contributed by atoms with van der Waals surface area (Å²) in [6.45, 7) is 6.23. The Morgan fingerprint density at radius 3 is 2.41 bits per heavy atom. The maximum absolute atomic E-state index is 13.2. The second-order valence-electron chi connectivity index (χ2n) is 7.69. The molecule has 4 rings (SSSR count). The van der Waals surface area contributed by atoms with Crippen molar-refractivity contribution in [3.05, 3.63) is 29.3 Å². The first kappa shape index (κ1) is 18.4. The summed E-state index contributed by atoms with van der Waals surface area (Å²) in [5, 5.41) is 9.16. The van der Waals surface area contributed by atoms with Gasteiger partial charge in [0.15, 0.2) is 0 Å². The van der Waals surface area contributed by atoms with Crippen LogP contribution in [-0.2, 0) is 11.3 Å². The summed E-state index contributed by atoms with van der Waals surface area (Å²) >= 11 is 0. The van der Waals surface area contributed by atoms with Crippen LogP contribution in [0.5, 0.6) is 0 Å². The molecule has 0 spiro atoms. The molecule has 1 aromatic carbocycles. The van der Waals surface area contributed by atoms with Gasteiger partial charge in [0.1, 0.15) is 0 Å². The minimum Gasteiger partial charge on any atom is -0.465 e. The Bertz CT molecular complexity index is 683. The molecule has 2 atom stereocenters. The van der Waals surface area contributed by atoms with Crippen LogP contribution in [-0.4, -0.2) is 73.5 Å². The van der Waals surface area contributed by atoms with Gasteiger partial charge in [-0.05, 0) is 23.5 Å². The van der Waals surface area contributed by atoms with Crippen LogP contribution in [0, 0.1) is 11.8 Å². The zero-order chi connectivity index (χ0) is 19.0. The molecular formula is C19H25F2N3O3. The number of benzene rings is 1. The highest BCUT2D eigenvalue weighted by atomic mass is 19.3. The number of morpholine rings is 1. The lowest BCUT2D eigenvalue weighted by Crippen LogP contribution is -2.37. The van der Waals surface area contributed by atoms with E-state index in [1.54, 1.807) is 6.07 Å². The molecule has 3 fully saturated rings. The molecular weight excluding hydrogens is 356 g/mol. The number of nitrogens with zero attached hydrogens (tertiary/aromatic N) is 3. The van der Waals surface area contributed by atoms with Crippen LogP contribution in [0.15, 0.2) is 18.2 Å². The SMILES string of the molecule is O=C(O)N1CC2CN(Cc3ccc(C(F)F)cc3N3CCOCC3)CC2C1. The van der Waals surface area contributed by atoms with Crippen molar-refractivity contribution in [3.8, 4) is 0 Å². The third-order valence-corrected chi connectivity index (χ3v) is 5.94. The standard InChI is InChI=1S/C19H25F2N3O3/c20-18(21)13-1-2-14(17(7-13)23-3-5-27-6-4-23)8-22-9-15-11-24(19(25)26)12-16(15)10-22/h1-2,7,15-16,18H,3-6,8-12H2,(H,25,26). The zero-order valence-electron chi connectivity index (χ0n) is 15.2. The van der Waals surface area contributed by atoms with Gasteiger partial charge in [-0.3, -0.25) is 4.90 Å². The lowest BCUT2D eigenvalue weighted by molar-refractivity contribution is 0.122. The number of ether oxygens (including phenoxy) is 1. The quantitative estimate of drug-likeness (QED) is 0.869. The highest BCUT2D eigenvalue weighted by molar-refractivity contribution is 5.65.